The van der Waals surface area contributed by atoms with Gasteiger partial charge in [0.05, 0.1) is 6.54 Å². The Hall–Kier alpha value is -2.17. The van der Waals surface area contributed by atoms with Gasteiger partial charge < -0.3 is 15.6 Å². The van der Waals surface area contributed by atoms with Gasteiger partial charge in [-0.3, -0.25) is 9.67 Å². The maximum absolute atomic E-state index is 13.2. The third kappa shape index (κ3) is 4.68. The monoisotopic (exact) mass is 457 g/mol. The minimum Gasteiger partial charge on any atom is -0.361 e. The predicted octanol–water partition coefficient (Wildman–Crippen LogP) is 1.96. The zero-order valence-electron chi connectivity index (χ0n) is 14.1. The van der Waals surface area contributed by atoms with Crippen LogP contribution in [0, 0.1) is 5.82 Å². The first-order chi connectivity index (χ1) is 11.7. The highest BCUT2D eigenvalue weighted by Gasteiger charge is 2.06. The van der Waals surface area contributed by atoms with E-state index in [9.17, 15) is 4.39 Å². The van der Waals surface area contributed by atoms with Crippen molar-refractivity contribution in [2.45, 2.75) is 13.0 Å². The van der Waals surface area contributed by atoms with Crippen LogP contribution in [0.2, 0.25) is 0 Å². The quantitative estimate of drug-likeness (QED) is 0.311. The first kappa shape index (κ1) is 19.2. The summed E-state index contributed by atoms with van der Waals surface area (Å²) in [5.41, 5.74) is 1.95. The molecule has 0 atom stereocenters. The van der Waals surface area contributed by atoms with E-state index in [4.69, 9.17) is 0 Å². The summed E-state index contributed by atoms with van der Waals surface area (Å²) in [6.45, 7) is 1.26. The van der Waals surface area contributed by atoms with Crippen molar-refractivity contribution in [3.63, 3.8) is 0 Å². The topological polar surface area (TPSA) is 82.9 Å². The molecule has 1 aromatic carbocycles. The lowest BCUT2D eigenvalue weighted by Crippen LogP contribution is -2.38. The highest BCUT2D eigenvalue weighted by Crippen LogP contribution is 2.19. The largest absolute Gasteiger partial charge is 0.361 e. The molecule has 0 unspecified atom stereocenters. The zero-order valence-corrected chi connectivity index (χ0v) is 16.4. The molecule has 0 aliphatic rings. The normalized spacial score (nSPS) is 11.4. The smallest absolute Gasteiger partial charge is 0.191 e. The van der Waals surface area contributed by atoms with Crippen LogP contribution in [-0.4, -0.2) is 39.3 Å². The Balaban J connectivity index is 0.00000225. The fourth-order valence-corrected chi connectivity index (χ4v) is 2.54. The van der Waals surface area contributed by atoms with Crippen molar-refractivity contribution in [3.05, 3.63) is 47.9 Å². The van der Waals surface area contributed by atoms with E-state index in [-0.39, 0.29) is 29.8 Å². The van der Waals surface area contributed by atoms with E-state index in [2.05, 4.69) is 30.7 Å². The minimum atomic E-state index is -0.234. The number of aromatic nitrogens is 4. The molecular formula is C16H21FIN7. The second kappa shape index (κ2) is 8.79. The Morgan fingerprint density at radius 1 is 1.36 bits per heavy atom. The number of halogens is 2. The summed E-state index contributed by atoms with van der Waals surface area (Å²) in [6.07, 6.45) is 4.24. The molecule has 9 heteroatoms. The van der Waals surface area contributed by atoms with Crippen molar-refractivity contribution >= 4 is 40.8 Å². The molecule has 134 valence electrons. The molecule has 0 saturated heterocycles. The van der Waals surface area contributed by atoms with E-state index in [1.807, 2.05) is 13.2 Å². The number of benzene rings is 1. The number of guanidine groups is 1. The molecule has 0 aliphatic carbocycles. The molecule has 3 aromatic rings. The fourth-order valence-electron chi connectivity index (χ4n) is 2.54. The summed E-state index contributed by atoms with van der Waals surface area (Å²) < 4.78 is 14.9. The maximum atomic E-state index is 13.2. The molecule has 2 aromatic heterocycles. The SMILES string of the molecule is CN=C(NCCc1c[nH]c2cc(F)ccc12)NCc1ncnn1C.I. The van der Waals surface area contributed by atoms with E-state index in [1.165, 1.54) is 18.5 Å². The van der Waals surface area contributed by atoms with Gasteiger partial charge in [-0.05, 0) is 30.2 Å². The van der Waals surface area contributed by atoms with Crippen molar-refractivity contribution in [3.8, 4) is 0 Å². The minimum absolute atomic E-state index is 0. The molecule has 3 rings (SSSR count). The van der Waals surface area contributed by atoms with E-state index in [0.717, 1.165) is 28.7 Å². The first-order valence-corrected chi connectivity index (χ1v) is 7.70. The highest BCUT2D eigenvalue weighted by molar-refractivity contribution is 14.0. The van der Waals surface area contributed by atoms with Crippen LogP contribution < -0.4 is 10.6 Å². The molecule has 7 nitrogen and oxygen atoms in total. The average molecular weight is 457 g/mol. The second-order valence-electron chi connectivity index (χ2n) is 5.41. The van der Waals surface area contributed by atoms with Crippen LogP contribution in [0.3, 0.4) is 0 Å². The standard InChI is InChI=1S/C16H20FN7.HI/c1-18-16(21-9-15-22-10-23-24(15)2)19-6-5-11-8-20-14-7-12(17)3-4-13(11)14;/h3-4,7-8,10,20H,5-6,9H2,1-2H3,(H2,18,19,21);1H. The number of aryl methyl sites for hydroxylation is 1. The van der Waals surface area contributed by atoms with Gasteiger partial charge in [-0.2, -0.15) is 5.10 Å². The van der Waals surface area contributed by atoms with Crippen molar-refractivity contribution in [1.29, 1.82) is 0 Å². The van der Waals surface area contributed by atoms with Crippen LogP contribution in [0.1, 0.15) is 11.4 Å². The first-order valence-electron chi connectivity index (χ1n) is 7.70. The maximum Gasteiger partial charge on any atom is 0.191 e. The zero-order chi connectivity index (χ0) is 16.9. The van der Waals surface area contributed by atoms with Crippen LogP contribution in [0.15, 0.2) is 35.7 Å². The summed E-state index contributed by atoms with van der Waals surface area (Å²) >= 11 is 0. The number of rotatable bonds is 5. The van der Waals surface area contributed by atoms with Crippen LogP contribution >= 0.6 is 24.0 Å². The number of nitrogens with one attached hydrogen (secondary N) is 3. The summed E-state index contributed by atoms with van der Waals surface area (Å²) in [6, 6.07) is 4.79. The van der Waals surface area contributed by atoms with Crippen LogP contribution in [0.25, 0.3) is 10.9 Å². The van der Waals surface area contributed by atoms with Crippen molar-refractivity contribution in [1.82, 2.24) is 30.4 Å². The van der Waals surface area contributed by atoms with Crippen LogP contribution in [0.4, 0.5) is 4.39 Å². The number of fused-ring (bicyclic) bond motifs is 1. The summed E-state index contributed by atoms with van der Waals surface area (Å²) in [5.74, 6) is 1.29. The highest BCUT2D eigenvalue weighted by atomic mass is 127. The van der Waals surface area contributed by atoms with Gasteiger partial charge in [-0.1, -0.05) is 0 Å². The third-order valence-electron chi connectivity index (χ3n) is 3.86. The third-order valence-corrected chi connectivity index (χ3v) is 3.86. The Kier molecular flexibility index (Phi) is 6.73. The molecule has 2 heterocycles. The number of aromatic amines is 1. The van der Waals surface area contributed by atoms with Crippen molar-refractivity contribution < 1.29 is 4.39 Å². The molecule has 3 N–H and O–H groups in total. The van der Waals surface area contributed by atoms with Gasteiger partial charge in [0.25, 0.3) is 0 Å². The lowest BCUT2D eigenvalue weighted by atomic mass is 10.1. The van der Waals surface area contributed by atoms with Crippen LogP contribution in [0.5, 0.6) is 0 Å². The fraction of sp³-hybridized carbons (Fsp3) is 0.312. The van der Waals surface area contributed by atoms with Gasteiger partial charge in [0.15, 0.2) is 5.96 Å². The Morgan fingerprint density at radius 2 is 2.20 bits per heavy atom. The number of aliphatic imine (C=N–C) groups is 1. The number of hydrogen-bond donors (Lipinski definition) is 3. The molecule has 0 spiro atoms. The van der Waals surface area contributed by atoms with Crippen LogP contribution in [-0.2, 0) is 20.0 Å². The lowest BCUT2D eigenvalue weighted by molar-refractivity contribution is 0.629. The molecule has 0 radical (unpaired) electrons. The van der Waals surface area contributed by atoms with Gasteiger partial charge in [-0.15, -0.1) is 24.0 Å². The molecule has 0 aliphatic heterocycles. The Bertz CT molecular complexity index is 855. The second-order valence-corrected chi connectivity index (χ2v) is 5.41. The Labute approximate surface area is 162 Å². The molecule has 25 heavy (non-hydrogen) atoms. The number of H-pyrrole nitrogens is 1. The van der Waals surface area contributed by atoms with E-state index >= 15 is 0 Å². The van der Waals surface area contributed by atoms with E-state index in [1.54, 1.807) is 17.8 Å². The van der Waals surface area contributed by atoms with Gasteiger partial charge >= 0.3 is 0 Å². The lowest BCUT2D eigenvalue weighted by Gasteiger charge is -2.11. The molecule has 0 saturated carbocycles. The van der Waals surface area contributed by atoms with Gasteiger partial charge in [0.1, 0.15) is 18.0 Å². The van der Waals surface area contributed by atoms with Gasteiger partial charge in [0, 0.05) is 37.7 Å². The summed E-state index contributed by atoms with van der Waals surface area (Å²) in [5, 5.41) is 11.5. The van der Waals surface area contributed by atoms with E-state index < -0.39 is 0 Å². The van der Waals surface area contributed by atoms with Gasteiger partial charge in [-0.25, -0.2) is 9.37 Å². The number of nitrogens with zero attached hydrogens (tertiary/aromatic N) is 4. The average Bonchev–Trinajstić information content (AvgIpc) is 3.16. The van der Waals surface area contributed by atoms with Crippen molar-refractivity contribution in [2.75, 3.05) is 13.6 Å². The predicted molar refractivity (Wildman–Crippen MR) is 107 cm³/mol. The molecule has 0 amide bonds. The molecule has 0 fully saturated rings. The van der Waals surface area contributed by atoms with E-state index in [0.29, 0.717) is 19.0 Å². The van der Waals surface area contributed by atoms with Crippen molar-refractivity contribution in [2.24, 2.45) is 12.0 Å². The summed E-state index contributed by atoms with van der Waals surface area (Å²) in [7, 11) is 3.57. The van der Waals surface area contributed by atoms with Gasteiger partial charge in [0.2, 0.25) is 0 Å². The molecule has 0 bridgehead atoms. The molecular weight excluding hydrogens is 436 g/mol. The number of hydrogen-bond acceptors (Lipinski definition) is 3. The Morgan fingerprint density at radius 3 is 2.92 bits per heavy atom. The summed E-state index contributed by atoms with van der Waals surface area (Å²) in [4.78, 5) is 11.4.